The highest BCUT2D eigenvalue weighted by Crippen LogP contribution is 2.25. The van der Waals surface area contributed by atoms with Crippen molar-refractivity contribution in [2.24, 2.45) is 5.10 Å². The van der Waals surface area contributed by atoms with Gasteiger partial charge in [-0.3, -0.25) is 4.79 Å². The van der Waals surface area contributed by atoms with E-state index in [4.69, 9.17) is 34.8 Å². The number of nitrogens with zero attached hydrogens (tertiary/aromatic N) is 2. The number of hydrogen-bond acceptors (Lipinski definition) is 3. The number of phenolic OH excluding ortho intramolecular Hbond substituents is 1. The molecule has 0 atom stereocenters. The predicted octanol–water partition coefficient (Wildman–Crippen LogP) is 6.12. The molecule has 0 aliphatic heterocycles. The van der Waals surface area contributed by atoms with Crippen LogP contribution in [0.15, 0.2) is 72.0 Å². The van der Waals surface area contributed by atoms with Gasteiger partial charge in [-0.15, -0.1) is 0 Å². The van der Waals surface area contributed by atoms with E-state index in [-0.39, 0.29) is 10.8 Å². The molecule has 0 saturated heterocycles. The van der Waals surface area contributed by atoms with Crippen LogP contribution in [0.2, 0.25) is 15.1 Å². The van der Waals surface area contributed by atoms with Crippen molar-refractivity contribution in [3.8, 4) is 5.75 Å². The third-order valence-electron chi connectivity index (χ3n) is 4.72. The van der Waals surface area contributed by atoms with Gasteiger partial charge in [-0.1, -0.05) is 46.9 Å². The average Bonchev–Trinajstić information content (AvgIpc) is 3.14. The van der Waals surface area contributed by atoms with Gasteiger partial charge in [0.15, 0.2) is 0 Å². The molecule has 0 aliphatic carbocycles. The maximum Gasteiger partial charge on any atom is 0.271 e. The zero-order chi connectivity index (χ0) is 22.0. The van der Waals surface area contributed by atoms with Crippen LogP contribution in [-0.2, 0) is 6.54 Å². The van der Waals surface area contributed by atoms with Gasteiger partial charge < -0.3 is 9.67 Å². The number of nitrogens with one attached hydrogen (secondary N) is 1. The molecule has 0 radical (unpaired) electrons. The number of amides is 1. The third kappa shape index (κ3) is 4.85. The van der Waals surface area contributed by atoms with Crippen LogP contribution >= 0.6 is 34.8 Å². The van der Waals surface area contributed by atoms with Gasteiger partial charge in [0, 0.05) is 29.2 Å². The fraction of sp³-hybridized carbons (Fsp3) is 0.0435. The van der Waals surface area contributed by atoms with Crippen LogP contribution in [0.5, 0.6) is 5.75 Å². The summed E-state index contributed by atoms with van der Waals surface area (Å²) in [5, 5.41) is 15.7. The highest BCUT2D eigenvalue weighted by molar-refractivity contribution is 6.42. The highest BCUT2D eigenvalue weighted by atomic mass is 35.5. The molecule has 0 bridgehead atoms. The van der Waals surface area contributed by atoms with Crippen molar-refractivity contribution in [1.29, 1.82) is 0 Å². The first-order chi connectivity index (χ1) is 14.9. The molecule has 4 rings (SSSR count). The fourth-order valence-corrected chi connectivity index (χ4v) is 3.65. The van der Waals surface area contributed by atoms with Crippen molar-refractivity contribution >= 4 is 57.8 Å². The number of aromatic hydroxyl groups is 1. The number of benzene rings is 3. The number of carbonyl (C=O) groups is 1. The van der Waals surface area contributed by atoms with Crippen LogP contribution in [0.4, 0.5) is 0 Å². The Morgan fingerprint density at radius 1 is 0.968 bits per heavy atom. The van der Waals surface area contributed by atoms with E-state index < -0.39 is 5.91 Å². The van der Waals surface area contributed by atoms with E-state index in [9.17, 15) is 9.90 Å². The molecular weight excluding hydrogens is 457 g/mol. The van der Waals surface area contributed by atoms with Crippen molar-refractivity contribution in [1.82, 2.24) is 9.99 Å². The zero-order valence-electron chi connectivity index (χ0n) is 16.0. The number of phenols is 1. The van der Waals surface area contributed by atoms with Gasteiger partial charge in [-0.2, -0.15) is 5.10 Å². The van der Waals surface area contributed by atoms with Crippen molar-refractivity contribution in [3.05, 3.63) is 98.6 Å². The SMILES string of the molecule is O=C(NN=Cc1ccc2c(ccn2Cc2ccc(Cl)c(Cl)c2)c1)c1ccc(O)c(Cl)c1. The Balaban J connectivity index is 1.46. The van der Waals surface area contributed by atoms with Crippen molar-refractivity contribution in [3.63, 3.8) is 0 Å². The van der Waals surface area contributed by atoms with Crippen LogP contribution in [0.25, 0.3) is 10.9 Å². The Morgan fingerprint density at radius 2 is 1.81 bits per heavy atom. The number of halogens is 3. The highest BCUT2D eigenvalue weighted by Gasteiger charge is 2.08. The molecule has 4 aromatic rings. The predicted molar refractivity (Wildman–Crippen MR) is 126 cm³/mol. The van der Waals surface area contributed by atoms with E-state index in [0.717, 1.165) is 22.0 Å². The minimum absolute atomic E-state index is 0.0823. The van der Waals surface area contributed by atoms with Gasteiger partial charge in [-0.25, -0.2) is 5.43 Å². The molecule has 5 nitrogen and oxygen atoms in total. The van der Waals surface area contributed by atoms with E-state index in [1.54, 1.807) is 12.3 Å². The summed E-state index contributed by atoms with van der Waals surface area (Å²) < 4.78 is 2.12. The van der Waals surface area contributed by atoms with E-state index in [1.165, 1.54) is 18.2 Å². The van der Waals surface area contributed by atoms with Gasteiger partial charge in [0.05, 0.1) is 21.3 Å². The Hall–Kier alpha value is -2.99. The summed E-state index contributed by atoms with van der Waals surface area (Å²) in [7, 11) is 0. The summed E-state index contributed by atoms with van der Waals surface area (Å²) in [6, 6.07) is 17.7. The maximum atomic E-state index is 12.1. The molecule has 0 spiro atoms. The normalized spacial score (nSPS) is 11.3. The van der Waals surface area contributed by atoms with E-state index >= 15 is 0 Å². The quantitative estimate of drug-likeness (QED) is 0.271. The minimum atomic E-state index is -0.424. The molecule has 1 heterocycles. The summed E-state index contributed by atoms with van der Waals surface area (Å²) >= 11 is 17.9. The smallest absolute Gasteiger partial charge is 0.271 e. The summed E-state index contributed by atoms with van der Waals surface area (Å²) in [5.74, 6) is -0.506. The van der Waals surface area contributed by atoms with Gasteiger partial charge in [0.2, 0.25) is 0 Å². The Labute approximate surface area is 193 Å². The average molecular weight is 473 g/mol. The lowest BCUT2D eigenvalue weighted by Gasteiger charge is -2.07. The second kappa shape index (κ2) is 9.02. The summed E-state index contributed by atoms with van der Waals surface area (Å²) in [6.07, 6.45) is 3.57. The van der Waals surface area contributed by atoms with Gasteiger partial charge in [0.25, 0.3) is 5.91 Å². The van der Waals surface area contributed by atoms with E-state index in [1.807, 2.05) is 42.6 Å². The topological polar surface area (TPSA) is 66.6 Å². The Bertz CT molecular complexity index is 1310. The first kappa shape index (κ1) is 21.2. The largest absolute Gasteiger partial charge is 0.506 e. The van der Waals surface area contributed by atoms with Crippen molar-refractivity contribution in [2.45, 2.75) is 6.54 Å². The lowest BCUT2D eigenvalue weighted by Crippen LogP contribution is -2.17. The second-order valence-corrected chi connectivity index (χ2v) is 8.10. The van der Waals surface area contributed by atoms with E-state index in [0.29, 0.717) is 22.2 Å². The molecule has 8 heteroatoms. The number of carbonyl (C=O) groups excluding carboxylic acids is 1. The number of rotatable bonds is 5. The van der Waals surface area contributed by atoms with Crippen molar-refractivity contribution < 1.29 is 9.90 Å². The third-order valence-corrected chi connectivity index (χ3v) is 5.76. The summed E-state index contributed by atoms with van der Waals surface area (Å²) in [4.78, 5) is 12.1. The lowest BCUT2D eigenvalue weighted by atomic mass is 10.1. The van der Waals surface area contributed by atoms with E-state index in [2.05, 4.69) is 15.1 Å². The fourth-order valence-electron chi connectivity index (χ4n) is 3.15. The molecule has 2 N–H and O–H groups in total. The van der Waals surface area contributed by atoms with Crippen LogP contribution in [0.1, 0.15) is 21.5 Å². The lowest BCUT2D eigenvalue weighted by molar-refractivity contribution is 0.0955. The monoisotopic (exact) mass is 471 g/mol. The number of fused-ring (bicyclic) bond motifs is 1. The molecular formula is C23H16Cl3N3O2. The number of hydrazone groups is 1. The molecule has 0 aliphatic rings. The van der Waals surface area contributed by atoms with Crippen LogP contribution in [0.3, 0.4) is 0 Å². The molecule has 1 amide bonds. The molecule has 0 fully saturated rings. The van der Waals surface area contributed by atoms with Gasteiger partial charge in [0.1, 0.15) is 5.75 Å². The Morgan fingerprint density at radius 3 is 2.58 bits per heavy atom. The van der Waals surface area contributed by atoms with Crippen LogP contribution < -0.4 is 5.43 Å². The molecule has 1 aromatic heterocycles. The van der Waals surface area contributed by atoms with Crippen LogP contribution in [0, 0.1) is 0 Å². The second-order valence-electron chi connectivity index (χ2n) is 6.88. The summed E-state index contributed by atoms with van der Waals surface area (Å²) in [5.41, 5.74) is 5.70. The zero-order valence-corrected chi connectivity index (χ0v) is 18.3. The molecule has 0 saturated carbocycles. The maximum absolute atomic E-state index is 12.1. The van der Waals surface area contributed by atoms with Crippen molar-refractivity contribution in [2.75, 3.05) is 0 Å². The van der Waals surface area contributed by atoms with Crippen LogP contribution in [-0.4, -0.2) is 21.8 Å². The molecule has 156 valence electrons. The molecule has 0 unspecified atom stereocenters. The van der Waals surface area contributed by atoms with Gasteiger partial charge in [-0.05, 0) is 59.7 Å². The standard InChI is InChI=1S/C23H16Cl3N3O2/c24-18-4-1-15(10-19(18)25)13-29-8-7-16-9-14(2-5-21(16)29)12-27-28-23(31)17-3-6-22(30)20(26)11-17/h1-12,30H,13H2,(H,28,31). The first-order valence-electron chi connectivity index (χ1n) is 9.25. The first-order valence-corrected chi connectivity index (χ1v) is 10.4. The number of aromatic nitrogens is 1. The summed E-state index contributed by atoms with van der Waals surface area (Å²) in [6.45, 7) is 0.666. The van der Waals surface area contributed by atoms with Gasteiger partial charge >= 0.3 is 0 Å². The Kier molecular flexibility index (Phi) is 6.18. The minimum Gasteiger partial charge on any atom is -0.506 e. The molecule has 3 aromatic carbocycles. The molecule has 31 heavy (non-hydrogen) atoms. The number of hydrogen-bond donors (Lipinski definition) is 2.